The Hall–Kier alpha value is 0.500. The molecule has 0 N–H and O–H groups in total. The van der Waals surface area contributed by atoms with E-state index in [0.717, 1.165) is 39.3 Å². The van der Waals surface area contributed by atoms with Crippen LogP contribution < -0.4 is 0 Å². The van der Waals surface area contributed by atoms with E-state index in [1.807, 2.05) is 0 Å². The molecule has 1 aliphatic rings. The standard InChI is InChI=1S/C10H20Cl2N2/c1-9(11)7-13-3-5-14(6-4-13)8-10(2)12/h9-10H,3-8H2,1-2H3/t9-,10-/m1/s1. The molecule has 2 nitrogen and oxygen atoms in total. The molecule has 84 valence electrons. The van der Waals surface area contributed by atoms with Crippen LogP contribution in [0.25, 0.3) is 0 Å². The highest BCUT2D eigenvalue weighted by Crippen LogP contribution is 2.07. The lowest BCUT2D eigenvalue weighted by Gasteiger charge is -2.35. The molecule has 0 radical (unpaired) electrons. The molecule has 1 saturated heterocycles. The molecule has 0 unspecified atom stereocenters. The first-order valence-electron chi connectivity index (χ1n) is 5.30. The van der Waals surface area contributed by atoms with Gasteiger partial charge in [0, 0.05) is 50.0 Å². The fraction of sp³-hybridized carbons (Fsp3) is 1.00. The summed E-state index contributed by atoms with van der Waals surface area (Å²) in [6.45, 7) is 10.6. The first kappa shape index (κ1) is 12.6. The highest BCUT2D eigenvalue weighted by molar-refractivity contribution is 6.20. The zero-order valence-electron chi connectivity index (χ0n) is 9.05. The van der Waals surface area contributed by atoms with Gasteiger partial charge in [-0.05, 0) is 13.8 Å². The number of hydrogen-bond donors (Lipinski definition) is 0. The topological polar surface area (TPSA) is 6.48 Å². The van der Waals surface area contributed by atoms with Gasteiger partial charge in [0.25, 0.3) is 0 Å². The van der Waals surface area contributed by atoms with Crippen molar-refractivity contribution in [3.63, 3.8) is 0 Å². The van der Waals surface area contributed by atoms with Gasteiger partial charge in [-0.15, -0.1) is 23.2 Å². The number of nitrogens with zero attached hydrogens (tertiary/aromatic N) is 2. The third kappa shape index (κ3) is 4.83. The van der Waals surface area contributed by atoms with Crippen LogP contribution in [0.15, 0.2) is 0 Å². The molecule has 0 aromatic heterocycles. The number of alkyl halides is 2. The van der Waals surface area contributed by atoms with Gasteiger partial charge in [0.1, 0.15) is 0 Å². The van der Waals surface area contributed by atoms with Crippen LogP contribution in [0.1, 0.15) is 13.8 Å². The Kier molecular flexibility index (Phi) is 5.53. The lowest BCUT2D eigenvalue weighted by Crippen LogP contribution is -2.48. The van der Waals surface area contributed by atoms with E-state index in [1.54, 1.807) is 0 Å². The summed E-state index contributed by atoms with van der Waals surface area (Å²) in [7, 11) is 0. The van der Waals surface area contributed by atoms with E-state index in [-0.39, 0.29) is 10.8 Å². The van der Waals surface area contributed by atoms with Crippen molar-refractivity contribution in [3.05, 3.63) is 0 Å². The molecule has 14 heavy (non-hydrogen) atoms. The third-order valence-electron chi connectivity index (χ3n) is 2.48. The van der Waals surface area contributed by atoms with Gasteiger partial charge < -0.3 is 0 Å². The van der Waals surface area contributed by atoms with Crippen LogP contribution in [-0.4, -0.2) is 59.8 Å². The molecule has 0 bridgehead atoms. The van der Waals surface area contributed by atoms with Crippen molar-refractivity contribution < 1.29 is 0 Å². The Morgan fingerprint density at radius 1 is 0.857 bits per heavy atom. The van der Waals surface area contributed by atoms with Crippen LogP contribution in [0.3, 0.4) is 0 Å². The minimum Gasteiger partial charge on any atom is -0.299 e. The van der Waals surface area contributed by atoms with Crippen LogP contribution in [0.2, 0.25) is 0 Å². The van der Waals surface area contributed by atoms with Crippen molar-refractivity contribution in [1.82, 2.24) is 9.80 Å². The summed E-state index contributed by atoms with van der Waals surface area (Å²) in [4.78, 5) is 4.85. The minimum atomic E-state index is 0.258. The van der Waals surface area contributed by atoms with Crippen molar-refractivity contribution in [2.24, 2.45) is 0 Å². The summed E-state index contributed by atoms with van der Waals surface area (Å²) in [5.41, 5.74) is 0. The first-order chi connectivity index (χ1) is 6.58. The van der Waals surface area contributed by atoms with Crippen molar-refractivity contribution in [2.75, 3.05) is 39.3 Å². The van der Waals surface area contributed by atoms with E-state index in [9.17, 15) is 0 Å². The summed E-state index contributed by atoms with van der Waals surface area (Å²) in [5, 5.41) is 0.516. The molecule has 0 amide bonds. The smallest absolute Gasteiger partial charge is 0.0435 e. The lowest BCUT2D eigenvalue weighted by molar-refractivity contribution is 0.134. The summed E-state index contributed by atoms with van der Waals surface area (Å²) in [6.07, 6.45) is 0. The second-order valence-electron chi connectivity index (χ2n) is 4.16. The summed E-state index contributed by atoms with van der Waals surface area (Å²) < 4.78 is 0. The van der Waals surface area contributed by atoms with Crippen LogP contribution in [0.4, 0.5) is 0 Å². The molecule has 0 aromatic rings. The highest BCUT2D eigenvalue weighted by Gasteiger charge is 2.18. The molecule has 1 aliphatic heterocycles. The van der Waals surface area contributed by atoms with Gasteiger partial charge in [-0.25, -0.2) is 0 Å². The van der Waals surface area contributed by atoms with E-state index in [1.165, 1.54) is 0 Å². The lowest BCUT2D eigenvalue weighted by atomic mass is 10.3. The van der Waals surface area contributed by atoms with E-state index >= 15 is 0 Å². The maximum absolute atomic E-state index is 5.96. The summed E-state index contributed by atoms with van der Waals surface area (Å²) in [5.74, 6) is 0. The van der Waals surface area contributed by atoms with Crippen LogP contribution in [0.5, 0.6) is 0 Å². The van der Waals surface area contributed by atoms with E-state index in [2.05, 4.69) is 23.6 Å². The second-order valence-corrected chi connectivity index (χ2v) is 5.65. The maximum atomic E-state index is 5.96. The molecule has 1 fully saturated rings. The Balaban J connectivity index is 2.17. The monoisotopic (exact) mass is 238 g/mol. The third-order valence-corrected chi connectivity index (χ3v) is 2.76. The van der Waals surface area contributed by atoms with Crippen molar-refractivity contribution in [2.45, 2.75) is 24.6 Å². The summed E-state index contributed by atoms with van der Waals surface area (Å²) >= 11 is 11.9. The first-order valence-corrected chi connectivity index (χ1v) is 6.18. The van der Waals surface area contributed by atoms with Crippen LogP contribution in [-0.2, 0) is 0 Å². The average Bonchev–Trinajstić information content (AvgIpc) is 2.06. The zero-order valence-corrected chi connectivity index (χ0v) is 10.6. The van der Waals surface area contributed by atoms with Crippen molar-refractivity contribution in [3.8, 4) is 0 Å². The second kappa shape index (κ2) is 6.16. The molecular formula is C10H20Cl2N2. The highest BCUT2D eigenvalue weighted by atomic mass is 35.5. The molecule has 1 rings (SSSR count). The number of hydrogen-bond acceptors (Lipinski definition) is 2. The van der Waals surface area contributed by atoms with Crippen molar-refractivity contribution >= 4 is 23.2 Å². The molecule has 0 aliphatic carbocycles. The molecule has 0 saturated carbocycles. The Bertz CT molecular complexity index is 136. The fourth-order valence-electron chi connectivity index (χ4n) is 1.87. The number of piperazine rings is 1. The van der Waals surface area contributed by atoms with Gasteiger partial charge in [0.05, 0.1) is 0 Å². The maximum Gasteiger partial charge on any atom is 0.0435 e. The Labute approximate surface area is 97.1 Å². The Morgan fingerprint density at radius 2 is 1.14 bits per heavy atom. The van der Waals surface area contributed by atoms with Gasteiger partial charge in [-0.1, -0.05) is 0 Å². The van der Waals surface area contributed by atoms with Crippen LogP contribution in [0, 0.1) is 0 Å². The molecule has 1 heterocycles. The largest absolute Gasteiger partial charge is 0.299 e. The molecular weight excluding hydrogens is 219 g/mol. The fourth-order valence-corrected chi connectivity index (χ4v) is 2.26. The minimum absolute atomic E-state index is 0.258. The normalized spacial score (nSPS) is 24.9. The van der Waals surface area contributed by atoms with E-state index in [0.29, 0.717) is 0 Å². The summed E-state index contributed by atoms with van der Waals surface area (Å²) in [6, 6.07) is 0. The zero-order chi connectivity index (χ0) is 10.6. The van der Waals surface area contributed by atoms with Gasteiger partial charge in [0.2, 0.25) is 0 Å². The average molecular weight is 239 g/mol. The molecule has 2 atom stereocenters. The molecule has 4 heteroatoms. The van der Waals surface area contributed by atoms with Gasteiger partial charge in [0.15, 0.2) is 0 Å². The van der Waals surface area contributed by atoms with E-state index < -0.39 is 0 Å². The molecule has 0 aromatic carbocycles. The van der Waals surface area contributed by atoms with Gasteiger partial charge >= 0.3 is 0 Å². The quantitative estimate of drug-likeness (QED) is 0.691. The molecule has 0 spiro atoms. The van der Waals surface area contributed by atoms with Gasteiger partial charge in [-0.3, -0.25) is 9.80 Å². The Morgan fingerprint density at radius 3 is 1.36 bits per heavy atom. The predicted octanol–water partition coefficient (Wildman–Crippen LogP) is 1.86. The van der Waals surface area contributed by atoms with Crippen molar-refractivity contribution in [1.29, 1.82) is 0 Å². The number of rotatable bonds is 4. The van der Waals surface area contributed by atoms with Gasteiger partial charge in [-0.2, -0.15) is 0 Å². The number of halogens is 2. The SMILES string of the molecule is C[C@@H](Cl)CN1CCN(C[C@@H](C)Cl)CC1. The predicted molar refractivity (Wildman–Crippen MR) is 63.5 cm³/mol. The van der Waals surface area contributed by atoms with E-state index in [4.69, 9.17) is 23.2 Å². The van der Waals surface area contributed by atoms with Crippen LogP contribution >= 0.6 is 23.2 Å².